The molecule has 0 aliphatic carbocycles. The highest BCUT2D eigenvalue weighted by Gasteiger charge is 2.55. The number of carboxylic acid groups (broad SMARTS) is 1. The first-order valence-electron chi connectivity index (χ1n) is 3.88. The molecule has 12 heavy (non-hydrogen) atoms. The maximum absolute atomic E-state index is 12.8. The number of nitrogens with zero attached hydrogens (tertiary/aromatic N) is 1. The number of carbonyl (C=O) groups is 1. The van der Waals surface area contributed by atoms with Crippen LogP contribution in [0.25, 0.3) is 0 Å². The molecular weight excluding hydrogens is 168 g/mol. The molecule has 2 rings (SSSR count). The highest BCUT2D eigenvalue weighted by molar-refractivity contribution is 5.72. The third kappa shape index (κ3) is 0.857. The maximum atomic E-state index is 12.8. The van der Waals surface area contributed by atoms with Crippen molar-refractivity contribution in [3.63, 3.8) is 0 Å². The van der Waals surface area contributed by atoms with Gasteiger partial charge in [-0.25, -0.2) is 8.78 Å². The van der Waals surface area contributed by atoms with E-state index in [1.54, 1.807) is 0 Å². The van der Waals surface area contributed by atoms with Crippen LogP contribution in [0.15, 0.2) is 0 Å². The number of hydrogen-bond donors (Lipinski definition) is 1. The Kier molecular flexibility index (Phi) is 1.57. The summed E-state index contributed by atoms with van der Waals surface area (Å²) in [5.74, 6) is -1.51. The number of halogens is 2. The van der Waals surface area contributed by atoms with Crippen molar-refractivity contribution >= 4 is 5.97 Å². The number of carboxylic acids is 1. The molecule has 0 spiro atoms. The van der Waals surface area contributed by atoms with Crippen molar-refractivity contribution in [1.29, 1.82) is 0 Å². The fourth-order valence-electron chi connectivity index (χ4n) is 1.95. The van der Waals surface area contributed by atoms with Gasteiger partial charge in [0.1, 0.15) is 6.17 Å². The smallest absolute Gasteiger partial charge is 0.309 e. The summed E-state index contributed by atoms with van der Waals surface area (Å²) < 4.78 is 25.5. The van der Waals surface area contributed by atoms with Crippen molar-refractivity contribution in [2.75, 3.05) is 6.54 Å². The minimum atomic E-state index is -1.58. The second-order valence-electron chi connectivity index (χ2n) is 3.33. The fourth-order valence-corrected chi connectivity index (χ4v) is 1.95. The van der Waals surface area contributed by atoms with E-state index in [4.69, 9.17) is 5.11 Å². The van der Waals surface area contributed by atoms with E-state index >= 15 is 0 Å². The second-order valence-corrected chi connectivity index (χ2v) is 3.33. The van der Waals surface area contributed by atoms with E-state index in [1.165, 1.54) is 4.90 Å². The lowest BCUT2D eigenvalue weighted by atomic mass is 9.89. The van der Waals surface area contributed by atoms with Gasteiger partial charge in [0.2, 0.25) is 0 Å². The van der Waals surface area contributed by atoms with Crippen molar-refractivity contribution in [2.24, 2.45) is 5.92 Å². The molecule has 2 unspecified atom stereocenters. The molecule has 3 nitrogen and oxygen atoms in total. The van der Waals surface area contributed by atoms with Crippen LogP contribution >= 0.6 is 0 Å². The van der Waals surface area contributed by atoms with Gasteiger partial charge >= 0.3 is 5.97 Å². The van der Waals surface area contributed by atoms with Crippen LogP contribution in [0.2, 0.25) is 0 Å². The molecule has 2 fully saturated rings. The van der Waals surface area contributed by atoms with Gasteiger partial charge in [-0.15, -0.1) is 0 Å². The first-order chi connectivity index (χ1) is 5.61. The zero-order valence-corrected chi connectivity index (χ0v) is 6.28. The molecule has 5 heteroatoms. The lowest BCUT2D eigenvalue weighted by Gasteiger charge is -2.41. The minimum Gasteiger partial charge on any atom is -0.481 e. The summed E-state index contributed by atoms with van der Waals surface area (Å²) in [6, 6.07) is -0.410. The number of fused-ring (bicyclic) bond motifs is 1. The van der Waals surface area contributed by atoms with Crippen molar-refractivity contribution in [3.8, 4) is 0 Å². The Morgan fingerprint density at radius 1 is 1.50 bits per heavy atom. The summed E-state index contributed by atoms with van der Waals surface area (Å²) in [6.07, 6.45) is -3.05. The van der Waals surface area contributed by atoms with Crippen molar-refractivity contribution < 1.29 is 18.7 Å². The van der Waals surface area contributed by atoms with Crippen LogP contribution in [0.4, 0.5) is 8.78 Å². The summed E-state index contributed by atoms with van der Waals surface area (Å²) >= 11 is 0. The van der Waals surface area contributed by atoms with Crippen LogP contribution in [-0.4, -0.2) is 41.0 Å². The monoisotopic (exact) mass is 177 g/mol. The highest BCUT2D eigenvalue weighted by atomic mass is 19.2. The van der Waals surface area contributed by atoms with Gasteiger partial charge in [-0.1, -0.05) is 0 Å². The molecule has 4 atom stereocenters. The van der Waals surface area contributed by atoms with Gasteiger partial charge < -0.3 is 5.11 Å². The summed E-state index contributed by atoms with van der Waals surface area (Å²) in [6.45, 7) is 0.154. The van der Waals surface area contributed by atoms with Crippen LogP contribution in [0, 0.1) is 5.92 Å². The van der Waals surface area contributed by atoms with Gasteiger partial charge in [-0.2, -0.15) is 0 Å². The van der Waals surface area contributed by atoms with Crippen molar-refractivity contribution in [1.82, 2.24) is 4.90 Å². The summed E-state index contributed by atoms with van der Waals surface area (Å²) in [4.78, 5) is 11.7. The molecule has 2 aliphatic heterocycles. The quantitative estimate of drug-likeness (QED) is 0.590. The van der Waals surface area contributed by atoms with E-state index in [1.807, 2.05) is 0 Å². The molecule has 0 amide bonds. The lowest BCUT2D eigenvalue weighted by molar-refractivity contribution is -0.154. The largest absolute Gasteiger partial charge is 0.481 e. The van der Waals surface area contributed by atoms with Crippen LogP contribution in [0.3, 0.4) is 0 Å². The zero-order valence-electron chi connectivity index (χ0n) is 6.28. The normalized spacial score (nSPS) is 46.8. The Hall–Kier alpha value is -0.710. The van der Waals surface area contributed by atoms with E-state index in [2.05, 4.69) is 0 Å². The van der Waals surface area contributed by atoms with E-state index in [-0.39, 0.29) is 13.0 Å². The number of hydrogen-bond acceptors (Lipinski definition) is 2. The van der Waals surface area contributed by atoms with Crippen LogP contribution in [0.5, 0.6) is 0 Å². The molecule has 0 saturated carbocycles. The molecule has 0 radical (unpaired) electrons. The molecule has 1 N–H and O–H groups in total. The maximum Gasteiger partial charge on any atom is 0.309 e. The van der Waals surface area contributed by atoms with E-state index in [0.29, 0.717) is 0 Å². The summed E-state index contributed by atoms with van der Waals surface area (Å²) in [5, 5.41) is 8.58. The predicted octanol–water partition coefficient (Wildman–Crippen LogP) is 0.409. The molecule has 0 bridgehead atoms. The molecule has 0 aromatic carbocycles. The first-order valence-corrected chi connectivity index (χ1v) is 3.88. The Labute approximate surface area is 68.0 Å². The zero-order chi connectivity index (χ0) is 8.88. The first kappa shape index (κ1) is 7.91. The lowest BCUT2D eigenvalue weighted by Crippen LogP contribution is -2.57. The molecule has 0 aromatic heterocycles. The molecule has 2 saturated heterocycles. The van der Waals surface area contributed by atoms with E-state index in [0.717, 1.165) is 0 Å². The third-order valence-corrected chi connectivity index (χ3v) is 2.70. The number of rotatable bonds is 1. The Bertz CT molecular complexity index is 223. The minimum absolute atomic E-state index is 0.0259. The van der Waals surface area contributed by atoms with E-state index < -0.39 is 30.4 Å². The SMILES string of the molecule is O=C(O)[C@@H]1CN2C(F)C(F)C[C@@H]12. The molecule has 0 aromatic rings. The van der Waals surface area contributed by atoms with Gasteiger partial charge in [0.05, 0.1) is 5.92 Å². The predicted molar refractivity (Wildman–Crippen MR) is 36.0 cm³/mol. The third-order valence-electron chi connectivity index (χ3n) is 2.70. The van der Waals surface area contributed by atoms with Gasteiger partial charge in [0.25, 0.3) is 0 Å². The van der Waals surface area contributed by atoms with Crippen LogP contribution in [-0.2, 0) is 4.79 Å². The topological polar surface area (TPSA) is 40.5 Å². The van der Waals surface area contributed by atoms with Gasteiger partial charge in [-0.3, -0.25) is 9.69 Å². The molecule has 2 aliphatic rings. The van der Waals surface area contributed by atoms with Crippen LogP contribution in [0.1, 0.15) is 6.42 Å². The van der Waals surface area contributed by atoms with Gasteiger partial charge in [0.15, 0.2) is 6.30 Å². The molecule has 2 heterocycles. The fraction of sp³-hybridized carbons (Fsp3) is 0.857. The molecule has 68 valence electrons. The number of alkyl halides is 2. The summed E-state index contributed by atoms with van der Waals surface area (Å²) in [7, 11) is 0. The van der Waals surface area contributed by atoms with E-state index in [9.17, 15) is 13.6 Å². The molecular formula is C7H9F2NO2. The van der Waals surface area contributed by atoms with Crippen molar-refractivity contribution in [2.45, 2.75) is 24.9 Å². The highest BCUT2D eigenvalue weighted by Crippen LogP contribution is 2.40. The Balaban J connectivity index is 2.05. The Morgan fingerprint density at radius 2 is 2.17 bits per heavy atom. The van der Waals surface area contributed by atoms with Gasteiger partial charge in [-0.05, 0) is 6.42 Å². The average molecular weight is 177 g/mol. The average Bonchev–Trinajstić information content (AvgIpc) is 2.12. The van der Waals surface area contributed by atoms with Crippen LogP contribution < -0.4 is 0 Å². The van der Waals surface area contributed by atoms with Gasteiger partial charge in [0, 0.05) is 12.6 Å². The Morgan fingerprint density at radius 3 is 2.67 bits per heavy atom. The summed E-state index contributed by atoms with van der Waals surface area (Å²) in [5.41, 5.74) is 0. The van der Waals surface area contributed by atoms with Crippen molar-refractivity contribution in [3.05, 3.63) is 0 Å². The second kappa shape index (κ2) is 2.39. The number of aliphatic carboxylic acids is 1. The standard InChI is InChI=1S/C7H9F2NO2/c8-4-1-5-3(7(11)12)2-10(5)6(4)9/h3-6H,1-2H2,(H,11,12)/t3-,4?,5+,6?/m1/s1.